The number of nitrogens with zero attached hydrogens (tertiary/aromatic N) is 1. The summed E-state index contributed by atoms with van der Waals surface area (Å²) in [6.45, 7) is 1.69. The van der Waals surface area contributed by atoms with Crippen LogP contribution in [0.5, 0.6) is 5.75 Å². The summed E-state index contributed by atoms with van der Waals surface area (Å²) >= 11 is 12.0. The Kier molecular flexibility index (Phi) is 6.97. The third-order valence-corrected chi connectivity index (χ3v) is 5.51. The van der Waals surface area contributed by atoms with Crippen LogP contribution in [0.2, 0.25) is 10.0 Å². The number of methoxy groups -OCH3 is 1. The number of para-hydroxylation sites is 1. The minimum atomic E-state index is -3.76. The Morgan fingerprint density at radius 1 is 1.19 bits per heavy atom. The first-order valence-corrected chi connectivity index (χ1v) is 10.6. The van der Waals surface area contributed by atoms with Crippen molar-refractivity contribution in [3.8, 4) is 5.75 Å². The van der Waals surface area contributed by atoms with E-state index in [2.05, 4.69) is 5.32 Å². The van der Waals surface area contributed by atoms with Gasteiger partial charge in [-0.15, -0.1) is 0 Å². The van der Waals surface area contributed by atoms with Crippen molar-refractivity contribution < 1.29 is 17.9 Å². The number of carbonyl (C=O) groups excluding carboxylic acids is 1. The van der Waals surface area contributed by atoms with Crippen LogP contribution in [0.1, 0.15) is 12.5 Å². The van der Waals surface area contributed by atoms with Gasteiger partial charge in [-0.05, 0) is 31.2 Å². The summed E-state index contributed by atoms with van der Waals surface area (Å²) in [7, 11) is -2.22. The van der Waals surface area contributed by atoms with Crippen molar-refractivity contribution in [1.82, 2.24) is 5.32 Å². The maximum Gasteiger partial charge on any atom is 0.243 e. The molecular weight excluding hydrogens is 411 g/mol. The molecule has 2 aromatic rings. The van der Waals surface area contributed by atoms with Crippen LogP contribution in [0, 0.1) is 0 Å². The molecule has 0 bridgehead atoms. The molecule has 0 aliphatic carbocycles. The summed E-state index contributed by atoms with van der Waals surface area (Å²) in [5, 5.41) is 3.28. The average molecular weight is 431 g/mol. The predicted molar refractivity (Wildman–Crippen MR) is 108 cm³/mol. The Morgan fingerprint density at radius 2 is 1.78 bits per heavy atom. The maximum absolute atomic E-state index is 12.6. The lowest BCUT2D eigenvalue weighted by atomic mass is 10.2. The molecule has 0 aliphatic rings. The molecule has 0 unspecified atom stereocenters. The van der Waals surface area contributed by atoms with Crippen molar-refractivity contribution in [1.29, 1.82) is 0 Å². The summed E-state index contributed by atoms with van der Waals surface area (Å²) < 4.78 is 30.9. The highest BCUT2D eigenvalue weighted by Gasteiger charge is 2.29. The molecular formula is C18H20Cl2N2O4S. The molecule has 2 rings (SSSR count). The number of hydrogen-bond acceptors (Lipinski definition) is 4. The van der Waals surface area contributed by atoms with Gasteiger partial charge < -0.3 is 10.1 Å². The van der Waals surface area contributed by atoms with E-state index in [1.165, 1.54) is 32.2 Å². The summed E-state index contributed by atoms with van der Waals surface area (Å²) in [5.41, 5.74) is 0.993. The molecule has 2 aromatic carbocycles. The third-order valence-electron chi connectivity index (χ3n) is 3.84. The Labute approximate surface area is 169 Å². The van der Waals surface area contributed by atoms with Gasteiger partial charge in [0.1, 0.15) is 11.8 Å². The molecule has 0 aromatic heterocycles. The maximum atomic E-state index is 12.6. The van der Waals surface area contributed by atoms with Gasteiger partial charge in [0.05, 0.1) is 19.1 Å². The molecule has 1 N–H and O–H groups in total. The number of anilines is 1. The highest BCUT2D eigenvalue weighted by atomic mass is 35.5. The number of amides is 1. The van der Waals surface area contributed by atoms with Crippen molar-refractivity contribution in [2.24, 2.45) is 0 Å². The first-order chi connectivity index (χ1) is 12.6. The third kappa shape index (κ3) is 5.51. The van der Waals surface area contributed by atoms with E-state index in [-0.39, 0.29) is 22.3 Å². The molecule has 0 heterocycles. The van der Waals surface area contributed by atoms with Gasteiger partial charge in [0.2, 0.25) is 15.9 Å². The molecule has 0 fully saturated rings. The number of rotatable bonds is 7. The van der Waals surface area contributed by atoms with Crippen LogP contribution in [0.25, 0.3) is 0 Å². The molecule has 1 amide bonds. The van der Waals surface area contributed by atoms with E-state index in [0.717, 1.165) is 16.1 Å². The van der Waals surface area contributed by atoms with Gasteiger partial charge in [-0.2, -0.15) is 0 Å². The van der Waals surface area contributed by atoms with Gasteiger partial charge in [0, 0.05) is 22.2 Å². The highest BCUT2D eigenvalue weighted by molar-refractivity contribution is 7.92. The smallest absolute Gasteiger partial charge is 0.243 e. The predicted octanol–water partition coefficient (Wildman–Crippen LogP) is 3.47. The number of hydrogen-bond donors (Lipinski definition) is 1. The van der Waals surface area contributed by atoms with Gasteiger partial charge in [-0.25, -0.2) is 8.42 Å². The van der Waals surface area contributed by atoms with Crippen LogP contribution >= 0.6 is 23.2 Å². The molecule has 0 saturated heterocycles. The van der Waals surface area contributed by atoms with Crippen LogP contribution in [-0.2, 0) is 21.4 Å². The second kappa shape index (κ2) is 8.82. The largest absolute Gasteiger partial charge is 0.496 e. The van der Waals surface area contributed by atoms with Crippen LogP contribution in [-0.4, -0.2) is 33.7 Å². The fraction of sp³-hybridized carbons (Fsp3) is 0.278. The Balaban J connectivity index is 2.25. The molecule has 146 valence electrons. The number of halogens is 2. The van der Waals surface area contributed by atoms with Crippen molar-refractivity contribution >= 4 is 44.8 Å². The van der Waals surface area contributed by atoms with Crippen molar-refractivity contribution in [3.05, 3.63) is 58.1 Å². The lowest BCUT2D eigenvalue weighted by Crippen LogP contribution is -2.47. The van der Waals surface area contributed by atoms with Crippen LogP contribution in [0.15, 0.2) is 42.5 Å². The van der Waals surface area contributed by atoms with E-state index in [4.69, 9.17) is 27.9 Å². The fourth-order valence-corrected chi connectivity index (χ4v) is 4.33. The molecule has 0 saturated carbocycles. The van der Waals surface area contributed by atoms with Gasteiger partial charge in [-0.1, -0.05) is 41.4 Å². The van der Waals surface area contributed by atoms with Crippen molar-refractivity contribution in [3.63, 3.8) is 0 Å². The van der Waals surface area contributed by atoms with E-state index in [1.54, 1.807) is 6.07 Å². The summed E-state index contributed by atoms with van der Waals surface area (Å²) in [4.78, 5) is 12.6. The normalized spacial score (nSPS) is 12.3. The number of sulfonamides is 1. The molecule has 6 nitrogen and oxygen atoms in total. The zero-order valence-corrected chi connectivity index (χ0v) is 17.4. The monoisotopic (exact) mass is 430 g/mol. The first kappa shape index (κ1) is 21.3. The van der Waals surface area contributed by atoms with E-state index in [0.29, 0.717) is 5.75 Å². The standard InChI is InChI=1S/C18H20Cl2N2O4S/c1-12(18(23)21-11-13-6-4-5-7-17(13)26-2)22(27(3,24)25)16-9-14(19)8-15(20)10-16/h4-10,12H,11H2,1-3H3,(H,21,23)/t12-/m0/s1. The molecule has 0 aliphatic heterocycles. The molecule has 27 heavy (non-hydrogen) atoms. The summed E-state index contributed by atoms with van der Waals surface area (Å²) in [6, 6.07) is 10.6. The molecule has 1 atom stereocenters. The Bertz CT molecular complexity index is 914. The minimum Gasteiger partial charge on any atom is -0.496 e. The average Bonchev–Trinajstić information content (AvgIpc) is 2.57. The zero-order valence-electron chi connectivity index (χ0n) is 15.1. The van der Waals surface area contributed by atoms with Crippen molar-refractivity contribution in [2.75, 3.05) is 17.7 Å². The SMILES string of the molecule is COc1ccccc1CNC(=O)[C@H](C)N(c1cc(Cl)cc(Cl)c1)S(C)(=O)=O. The van der Waals surface area contributed by atoms with Gasteiger partial charge >= 0.3 is 0 Å². The topological polar surface area (TPSA) is 75.7 Å². The second-order valence-electron chi connectivity index (χ2n) is 5.89. The Hall–Kier alpha value is -1.96. The lowest BCUT2D eigenvalue weighted by molar-refractivity contribution is -0.122. The van der Waals surface area contributed by atoms with E-state index in [1.807, 2.05) is 18.2 Å². The quantitative estimate of drug-likeness (QED) is 0.729. The van der Waals surface area contributed by atoms with Gasteiger partial charge in [0.15, 0.2) is 0 Å². The number of benzene rings is 2. The molecule has 9 heteroatoms. The Morgan fingerprint density at radius 3 is 2.33 bits per heavy atom. The van der Waals surface area contributed by atoms with Gasteiger partial charge in [0.25, 0.3) is 0 Å². The highest BCUT2D eigenvalue weighted by Crippen LogP contribution is 2.28. The number of nitrogens with one attached hydrogen (secondary N) is 1. The van der Waals surface area contributed by atoms with E-state index < -0.39 is 22.0 Å². The van der Waals surface area contributed by atoms with Crippen molar-refractivity contribution in [2.45, 2.75) is 19.5 Å². The molecule has 0 spiro atoms. The van der Waals surface area contributed by atoms with Crippen LogP contribution < -0.4 is 14.4 Å². The molecule has 0 radical (unpaired) electrons. The zero-order chi connectivity index (χ0) is 20.2. The summed E-state index contributed by atoms with van der Waals surface area (Å²) in [6.07, 6.45) is 1.02. The van der Waals surface area contributed by atoms with E-state index in [9.17, 15) is 13.2 Å². The van der Waals surface area contributed by atoms with Gasteiger partial charge in [-0.3, -0.25) is 9.10 Å². The second-order valence-corrected chi connectivity index (χ2v) is 8.62. The lowest BCUT2D eigenvalue weighted by Gasteiger charge is -2.28. The first-order valence-electron chi connectivity index (χ1n) is 7.98. The number of carbonyl (C=O) groups is 1. The summed E-state index contributed by atoms with van der Waals surface area (Å²) in [5.74, 6) is 0.162. The fourth-order valence-electron chi connectivity index (χ4n) is 2.65. The van der Waals surface area contributed by atoms with E-state index >= 15 is 0 Å². The minimum absolute atomic E-state index is 0.196. The number of ether oxygens (including phenoxy) is 1. The van der Waals surface area contributed by atoms with Crippen LogP contribution in [0.4, 0.5) is 5.69 Å². The van der Waals surface area contributed by atoms with Crippen LogP contribution in [0.3, 0.4) is 0 Å².